The quantitative estimate of drug-likeness (QED) is 0.235. The van der Waals surface area contributed by atoms with Crippen LogP contribution in [0.5, 0.6) is 0 Å². The molecule has 8 nitrogen and oxygen atoms in total. The third-order valence-electron chi connectivity index (χ3n) is 19.8. The molecule has 2 aromatic carbocycles. The maximum Gasteiger partial charge on any atom is 0.339 e. The summed E-state index contributed by atoms with van der Waals surface area (Å²) >= 11 is 0. The van der Waals surface area contributed by atoms with Gasteiger partial charge >= 0.3 is 11.9 Å². The van der Waals surface area contributed by atoms with Crippen LogP contribution in [0.3, 0.4) is 0 Å². The van der Waals surface area contributed by atoms with Gasteiger partial charge in [0, 0.05) is 73.6 Å². The van der Waals surface area contributed by atoms with Crippen LogP contribution in [0.2, 0.25) is 0 Å². The van der Waals surface area contributed by atoms with E-state index in [1.165, 1.54) is 34.3 Å². The number of piperidine rings is 2. The number of hydrogen-bond acceptors (Lipinski definition) is 8. The smallest absolute Gasteiger partial charge is 0.339 e. The number of aliphatic hydroxyl groups is 1. The first-order valence-electron chi connectivity index (χ1n) is 25.2. The molecule has 1 saturated carbocycles. The van der Waals surface area contributed by atoms with E-state index in [1.54, 1.807) is 11.3 Å². The number of ether oxygens (including phenoxy) is 2. The van der Waals surface area contributed by atoms with Crippen molar-refractivity contribution in [3.05, 3.63) is 115 Å². The van der Waals surface area contributed by atoms with Crippen molar-refractivity contribution in [3.63, 3.8) is 0 Å². The number of carbonyl (C=O) groups excluding carboxylic acids is 2. The molecule has 9 aliphatic heterocycles. The zero-order valence-electron chi connectivity index (χ0n) is 37.5. The number of fused-ring (bicyclic) bond motifs is 6. The summed E-state index contributed by atoms with van der Waals surface area (Å²) in [6.45, 7) is 8.35. The highest BCUT2D eigenvalue weighted by molar-refractivity contribution is 6.00. The van der Waals surface area contributed by atoms with E-state index in [4.69, 9.17) is 15.2 Å². The highest BCUT2D eigenvalue weighted by Gasteiger charge is 2.93. The maximum absolute atomic E-state index is 16.1. The molecule has 9 heterocycles. The summed E-state index contributed by atoms with van der Waals surface area (Å²) in [5.41, 5.74) is 16.3. The molecule has 13 atom stereocenters. The summed E-state index contributed by atoms with van der Waals surface area (Å²) in [5.74, 6) is 9.39. The number of esters is 2. The van der Waals surface area contributed by atoms with E-state index in [-0.39, 0.29) is 47.4 Å². The van der Waals surface area contributed by atoms with Crippen LogP contribution in [0.1, 0.15) is 116 Å². The molecule has 17 bridgehead atoms. The molecular weight excluding hydrogens is 795 g/mol. The third-order valence-corrected chi connectivity index (χ3v) is 19.8. The van der Waals surface area contributed by atoms with Crippen LogP contribution in [0.15, 0.2) is 82.0 Å². The van der Waals surface area contributed by atoms with Gasteiger partial charge in [0.2, 0.25) is 0 Å². The third kappa shape index (κ3) is 4.51. The summed E-state index contributed by atoms with van der Waals surface area (Å²) in [6, 6.07) is 13.9. The fraction of sp³-hybridized carbons (Fsp3) is 0.571. The molecule has 330 valence electrons. The molecule has 4 fully saturated rings. The van der Waals surface area contributed by atoms with Crippen molar-refractivity contribution in [3.8, 4) is 11.8 Å². The molecule has 3 saturated heterocycles. The minimum atomic E-state index is -1.18. The molecule has 15 aliphatic rings. The van der Waals surface area contributed by atoms with E-state index >= 15 is 4.79 Å². The van der Waals surface area contributed by atoms with Gasteiger partial charge in [-0.3, -0.25) is 9.69 Å². The lowest BCUT2D eigenvalue weighted by Crippen LogP contribution is -2.77. The Hall–Kier alpha value is -4.58. The number of aryl methyl sites for hydroxylation is 2. The van der Waals surface area contributed by atoms with Crippen LogP contribution >= 0.6 is 0 Å². The van der Waals surface area contributed by atoms with Crippen molar-refractivity contribution in [2.24, 2.45) is 58.0 Å². The van der Waals surface area contributed by atoms with Crippen molar-refractivity contribution in [2.75, 3.05) is 26.2 Å². The Kier molecular flexibility index (Phi) is 8.03. The fourth-order valence-corrected chi connectivity index (χ4v) is 17.6. The van der Waals surface area contributed by atoms with E-state index in [2.05, 4.69) is 78.0 Å². The second-order valence-electron chi connectivity index (χ2n) is 22.3. The Morgan fingerprint density at radius 3 is 2.80 bits per heavy atom. The predicted molar refractivity (Wildman–Crippen MR) is 242 cm³/mol. The van der Waals surface area contributed by atoms with Crippen LogP contribution in [-0.4, -0.2) is 65.1 Å². The molecule has 0 amide bonds. The van der Waals surface area contributed by atoms with Gasteiger partial charge in [-0.25, -0.2) is 4.79 Å². The SMILES string of the molecule is C[C@@H]1[C@H]2C3=CC4=C5CC[C@@]67/C8=C(/O)C[C@H](C)N9C[C@H]%10C[C@@H](C9)[C@H]9CCC(=C([C@@H]52)N9C%10)[C@H]1C#CCc1ccc(cc1C3)CCCC[C@@H]([C@]46C(=O)O8)[C@@]71OC(=O)c2c(CCCN)cccc21. The zero-order chi connectivity index (χ0) is 43.0. The molecule has 1 unspecified atom stereocenters. The van der Waals surface area contributed by atoms with E-state index in [9.17, 15) is 9.90 Å². The van der Waals surface area contributed by atoms with Gasteiger partial charge in [0.25, 0.3) is 0 Å². The lowest BCUT2D eigenvalue weighted by Gasteiger charge is -2.71. The number of carbonyl (C=O) groups is 2. The molecule has 0 aromatic heterocycles. The van der Waals surface area contributed by atoms with Crippen molar-refractivity contribution in [1.82, 2.24) is 9.80 Å². The first kappa shape index (κ1) is 38.7. The normalized spacial score (nSPS) is 42.5. The molecular formula is C56H61N3O5. The molecule has 8 heteroatoms. The van der Waals surface area contributed by atoms with E-state index in [0.29, 0.717) is 67.3 Å². The van der Waals surface area contributed by atoms with Crippen molar-refractivity contribution in [1.29, 1.82) is 0 Å². The minimum absolute atomic E-state index is 0.0436. The maximum atomic E-state index is 16.1. The number of nitrogens with zero attached hydrogens (tertiary/aromatic N) is 2. The van der Waals surface area contributed by atoms with Gasteiger partial charge in [-0.1, -0.05) is 78.8 Å². The van der Waals surface area contributed by atoms with E-state index < -0.39 is 16.4 Å². The van der Waals surface area contributed by atoms with Gasteiger partial charge in [0.1, 0.15) is 11.2 Å². The summed E-state index contributed by atoms with van der Waals surface area (Å²) in [4.78, 5) is 36.5. The number of hydrogen-bond donors (Lipinski definition) is 2. The lowest BCUT2D eigenvalue weighted by atomic mass is 9.28. The van der Waals surface area contributed by atoms with Crippen LogP contribution in [0.25, 0.3) is 0 Å². The largest absolute Gasteiger partial charge is 0.509 e. The summed E-state index contributed by atoms with van der Waals surface area (Å²) in [6.07, 6.45) is 14.2. The highest BCUT2D eigenvalue weighted by atomic mass is 16.6. The average Bonchev–Trinajstić information content (AvgIpc) is 3.74. The standard InChI is InChI=1S/C56H61N3O5/c1-30-22-45(60)51-54-20-19-41-43-26-37-25-36-23-32(8-3-4-14-46(55(43,54)53(62)63-51)56(54)42-13-6-10-35(11-7-21-57)48(42)52(61)64-56)15-16-34(36)9-5-12-39-31(2)47(37)49(41)50-40(39)17-18-44-38-24-33(28-59(44)50)27-58(30)29-38/h6,10,13,15-16,23,26,30-31,33,38-39,44,46-47,49,60H,3-4,7-9,11,14,17-22,24-25,27-29,57H2,1-2H3/b51-45-/t30-,31-,33+,38-,39-,44+,46-,47-,49-,54+,55-,56+/m0/s1. The summed E-state index contributed by atoms with van der Waals surface area (Å²) in [7, 11) is 0. The Balaban J connectivity index is 1.10. The Morgan fingerprint density at radius 2 is 1.91 bits per heavy atom. The minimum Gasteiger partial charge on any atom is -0.509 e. The number of nitrogens with two attached hydrogens (primary N) is 1. The predicted octanol–water partition coefficient (Wildman–Crippen LogP) is 8.39. The van der Waals surface area contributed by atoms with Gasteiger partial charge < -0.3 is 25.2 Å². The number of benzene rings is 2. The van der Waals surface area contributed by atoms with Gasteiger partial charge in [-0.15, -0.1) is 0 Å². The van der Waals surface area contributed by atoms with Gasteiger partial charge in [-0.2, -0.15) is 0 Å². The van der Waals surface area contributed by atoms with Gasteiger partial charge in [0.05, 0.1) is 11.0 Å². The Bertz CT molecular complexity index is 2700. The molecule has 64 heavy (non-hydrogen) atoms. The second kappa shape index (κ2) is 13.3. The van der Waals surface area contributed by atoms with Crippen LogP contribution in [0, 0.1) is 64.1 Å². The van der Waals surface area contributed by atoms with Crippen LogP contribution < -0.4 is 5.73 Å². The van der Waals surface area contributed by atoms with Crippen LogP contribution in [0.4, 0.5) is 0 Å². The Labute approximate surface area is 377 Å². The van der Waals surface area contributed by atoms with Crippen molar-refractivity contribution < 1.29 is 24.2 Å². The fourth-order valence-electron chi connectivity index (χ4n) is 17.6. The summed E-state index contributed by atoms with van der Waals surface area (Å²) in [5, 5.41) is 13.0. The highest BCUT2D eigenvalue weighted by Crippen LogP contribution is 2.87. The molecule has 2 aromatic rings. The number of allylic oxidation sites excluding steroid dienone is 4. The molecule has 3 spiro atoms. The van der Waals surface area contributed by atoms with E-state index in [1.807, 2.05) is 0 Å². The average molecular weight is 856 g/mol. The molecule has 3 N–H and O–H groups in total. The second-order valence-corrected chi connectivity index (χ2v) is 22.3. The number of aliphatic hydroxyl groups excluding tert-OH is 1. The first-order valence-corrected chi connectivity index (χ1v) is 25.2. The van der Waals surface area contributed by atoms with Crippen molar-refractivity contribution in [2.45, 2.75) is 121 Å². The van der Waals surface area contributed by atoms with Crippen LogP contribution in [-0.2, 0) is 45.6 Å². The first-order chi connectivity index (χ1) is 31.2. The van der Waals surface area contributed by atoms with Gasteiger partial charge in [-0.05, 0) is 141 Å². The molecule has 0 radical (unpaired) electrons. The lowest BCUT2D eigenvalue weighted by molar-refractivity contribution is -0.276. The van der Waals surface area contributed by atoms with E-state index in [0.717, 1.165) is 94.1 Å². The summed E-state index contributed by atoms with van der Waals surface area (Å²) < 4.78 is 14.1. The topological polar surface area (TPSA) is 105 Å². The van der Waals surface area contributed by atoms with Gasteiger partial charge in [0.15, 0.2) is 11.4 Å². The molecule has 6 aliphatic carbocycles. The monoisotopic (exact) mass is 855 g/mol. The van der Waals surface area contributed by atoms with Crippen molar-refractivity contribution >= 4 is 11.9 Å². The Morgan fingerprint density at radius 1 is 1.00 bits per heavy atom. The number of rotatable bonds is 3. The molecule has 17 rings (SSSR count). The zero-order valence-corrected chi connectivity index (χ0v) is 37.5.